The average molecular weight is 235 g/mol. The number of nitrogen functional groups attached to an aromatic ring is 1. The zero-order valence-electron chi connectivity index (χ0n) is 9.82. The van der Waals surface area contributed by atoms with E-state index in [1.54, 1.807) is 0 Å². The average Bonchev–Trinajstić information content (AvgIpc) is 2.93. The molecule has 0 amide bonds. The number of anilines is 1. The van der Waals surface area contributed by atoms with Gasteiger partial charge in [-0.1, -0.05) is 54.6 Å². The normalized spacial score (nSPS) is 14.2. The van der Waals surface area contributed by atoms with Crippen LogP contribution in [0, 0.1) is 0 Å². The summed E-state index contributed by atoms with van der Waals surface area (Å²) < 4.78 is 0. The summed E-state index contributed by atoms with van der Waals surface area (Å²) in [5.74, 6) is 0.526. The van der Waals surface area contributed by atoms with Crippen molar-refractivity contribution in [3.8, 4) is 11.3 Å². The lowest BCUT2D eigenvalue weighted by Crippen LogP contribution is -2.02. The third-order valence-electron chi connectivity index (χ3n) is 2.92. The molecule has 88 valence electrons. The van der Waals surface area contributed by atoms with E-state index in [1.165, 1.54) is 0 Å². The standard InChI is InChI=1S/C15H13N3/c16-15-17-13(11-6-2-1-3-7-11)10-14(18-15)12-8-4-5-9-12/h1-10,12H,(H2,16,17,18). The quantitative estimate of drug-likeness (QED) is 0.870. The van der Waals surface area contributed by atoms with Gasteiger partial charge in [0.05, 0.1) is 11.4 Å². The Kier molecular flexibility index (Phi) is 2.65. The van der Waals surface area contributed by atoms with E-state index in [2.05, 4.69) is 22.1 Å². The van der Waals surface area contributed by atoms with Crippen molar-refractivity contribution >= 4 is 5.95 Å². The molecule has 1 aliphatic carbocycles. The van der Waals surface area contributed by atoms with E-state index in [9.17, 15) is 0 Å². The summed E-state index contributed by atoms with van der Waals surface area (Å²) >= 11 is 0. The lowest BCUT2D eigenvalue weighted by atomic mass is 10.0. The Morgan fingerprint density at radius 1 is 0.944 bits per heavy atom. The van der Waals surface area contributed by atoms with Gasteiger partial charge in [-0.25, -0.2) is 9.97 Å². The van der Waals surface area contributed by atoms with Crippen molar-refractivity contribution in [3.63, 3.8) is 0 Å². The number of rotatable bonds is 2. The van der Waals surface area contributed by atoms with Crippen LogP contribution in [0.3, 0.4) is 0 Å². The summed E-state index contributed by atoms with van der Waals surface area (Å²) in [5.41, 5.74) is 8.65. The van der Waals surface area contributed by atoms with Crippen molar-refractivity contribution in [1.82, 2.24) is 9.97 Å². The highest BCUT2D eigenvalue weighted by Gasteiger charge is 2.12. The fourth-order valence-corrected chi connectivity index (χ4v) is 2.04. The maximum Gasteiger partial charge on any atom is 0.220 e. The SMILES string of the molecule is Nc1nc(-c2ccccc2)cc(C2C=CC=C2)n1. The number of nitrogens with two attached hydrogens (primary N) is 1. The van der Waals surface area contributed by atoms with E-state index < -0.39 is 0 Å². The van der Waals surface area contributed by atoms with Gasteiger partial charge in [0.1, 0.15) is 0 Å². The molecule has 1 aliphatic rings. The molecule has 3 heteroatoms. The van der Waals surface area contributed by atoms with Gasteiger partial charge >= 0.3 is 0 Å². The van der Waals surface area contributed by atoms with Crippen molar-refractivity contribution in [1.29, 1.82) is 0 Å². The number of benzene rings is 1. The molecule has 1 heterocycles. The highest BCUT2D eigenvalue weighted by Crippen LogP contribution is 2.25. The van der Waals surface area contributed by atoms with Gasteiger partial charge in [0.25, 0.3) is 0 Å². The number of aromatic nitrogens is 2. The maximum atomic E-state index is 5.79. The Labute approximate surface area is 106 Å². The van der Waals surface area contributed by atoms with Crippen molar-refractivity contribution in [2.45, 2.75) is 5.92 Å². The molecule has 0 bridgehead atoms. The van der Waals surface area contributed by atoms with Gasteiger partial charge in [0.2, 0.25) is 5.95 Å². The van der Waals surface area contributed by atoms with E-state index in [-0.39, 0.29) is 5.92 Å². The zero-order valence-corrected chi connectivity index (χ0v) is 9.82. The molecule has 3 nitrogen and oxygen atoms in total. The molecule has 0 spiro atoms. The van der Waals surface area contributed by atoms with Crippen molar-refractivity contribution in [2.24, 2.45) is 0 Å². The number of hydrogen-bond donors (Lipinski definition) is 1. The molecule has 1 aromatic heterocycles. The summed E-state index contributed by atoms with van der Waals surface area (Å²) in [6, 6.07) is 12.0. The first-order chi connectivity index (χ1) is 8.83. The molecule has 2 aromatic rings. The minimum atomic E-state index is 0.206. The molecule has 0 saturated carbocycles. The molecule has 2 N–H and O–H groups in total. The fraction of sp³-hybridized carbons (Fsp3) is 0.0667. The van der Waals surface area contributed by atoms with E-state index >= 15 is 0 Å². The Morgan fingerprint density at radius 3 is 2.39 bits per heavy atom. The van der Waals surface area contributed by atoms with Crippen molar-refractivity contribution < 1.29 is 0 Å². The minimum Gasteiger partial charge on any atom is -0.368 e. The van der Waals surface area contributed by atoms with Gasteiger partial charge < -0.3 is 5.73 Å². The van der Waals surface area contributed by atoms with Gasteiger partial charge in [-0.15, -0.1) is 0 Å². The topological polar surface area (TPSA) is 51.8 Å². The zero-order chi connectivity index (χ0) is 12.4. The maximum absolute atomic E-state index is 5.79. The highest BCUT2D eigenvalue weighted by molar-refractivity contribution is 5.61. The van der Waals surface area contributed by atoms with Crippen LogP contribution in [0.4, 0.5) is 5.95 Å². The highest BCUT2D eigenvalue weighted by atomic mass is 15.0. The minimum absolute atomic E-state index is 0.206. The third-order valence-corrected chi connectivity index (χ3v) is 2.92. The summed E-state index contributed by atoms with van der Waals surface area (Å²) in [6.07, 6.45) is 8.23. The van der Waals surface area contributed by atoms with Crippen LogP contribution in [0.2, 0.25) is 0 Å². The van der Waals surface area contributed by atoms with Gasteiger partial charge in [-0.2, -0.15) is 0 Å². The van der Waals surface area contributed by atoms with Gasteiger partial charge in [0.15, 0.2) is 0 Å². The summed E-state index contributed by atoms with van der Waals surface area (Å²) in [7, 11) is 0. The number of allylic oxidation sites excluding steroid dienone is 4. The Hall–Kier alpha value is -2.42. The largest absolute Gasteiger partial charge is 0.368 e. The molecule has 1 aromatic carbocycles. The van der Waals surface area contributed by atoms with E-state index in [4.69, 9.17) is 5.73 Å². The first-order valence-corrected chi connectivity index (χ1v) is 5.88. The van der Waals surface area contributed by atoms with Crippen molar-refractivity contribution in [3.05, 3.63) is 66.4 Å². The van der Waals surface area contributed by atoms with Crippen LogP contribution < -0.4 is 5.73 Å². The molecule has 0 atom stereocenters. The van der Waals surface area contributed by atoms with Gasteiger partial charge in [-0.3, -0.25) is 0 Å². The molecular formula is C15H13N3. The van der Waals surface area contributed by atoms with Crippen molar-refractivity contribution in [2.75, 3.05) is 5.73 Å². The summed E-state index contributed by atoms with van der Waals surface area (Å²) in [6.45, 7) is 0. The van der Waals surface area contributed by atoms with E-state index in [0.717, 1.165) is 17.0 Å². The molecule has 3 rings (SSSR count). The summed E-state index contributed by atoms with van der Waals surface area (Å²) in [5, 5.41) is 0. The molecule has 0 saturated heterocycles. The van der Waals surface area contributed by atoms with Crippen LogP contribution in [0.1, 0.15) is 11.6 Å². The fourth-order valence-electron chi connectivity index (χ4n) is 2.04. The molecule has 0 aliphatic heterocycles. The predicted octanol–water partition coefficient (Wildman–Crippen LogP) is 2.94. The molecule has 18 heavy (non-hydrogen) atoms. The number of nitrogens with zero attached hydrogens (tertiary/aromatic N) is 2. The number of hydrogen-bond acceptors (Lipinski definition) is 3. The molecule has 0 unspecified atom stereocenters. The van der Waals surface area contributed by atoms with E-state index in [0.29, 0.717) is 5.95 Å². The lowest BCUT2D eigenvalue weighted by molar-refractivity contribution is 0.987. The first-order valence-electron chi connectivity index (χ1n) is 5.88. The Bertz CT molecular complexity index is 603. The second-order valence-corrected chi connectivity index (χ2v) is 4.20. The molecular weight excluding hydrogens is 222 g/mol. The Morgan fingerprint density at radius 2 is 1.67 bits per heavy atom. The second kappa shape index (κ2) is 4.45. The predicted molar refractivity (Wildman–Crippen MR) is 72.9 cm³/mol. The first kappa shape index (κ1) is 10.7. The second-order valence-electron chi connectivity index (χ2n) is 4.20. The van der Waals surface area contributed by atoms with Crippen LogP contribution in [-0.4, -0.2) is 9.97 Å². The van der Waals surface area contributed by atoms with Crippen LogP contribution in [0.5, 0.6) is 0 Å². The van der Waals surface area contributed by atoms with E-state index in [1.807, 2.05) is 48.6 Å². The Balaban J connectivity index is 2.06. The molecule has 0 fully saturated rings. The third kappa shape index (κ3) is 2.02. The monoisotopic (exact) mass is 235 g/mol. The van der Waals surface area contributed by atoms with Gasteiger partial charge in [-0.05, 0) is 6.07 Å². The van der Waals surface area contributed by atoms with Crippen LogP contribution in [0.15, 0.2) is 60.7 Å². The van der Waals surface area contributed by atoms with Gasteiger partial charge in [0, 0.05) is 11.5 Å². The molecule has 0 radical (unpaired) electrons. The summed E-state index contributed by atoms with van der Waals surface area (Å²) in [4.78, 5) is 8.60. The van der Waals surface area contributed by atoms with Crippen LogP contribution >= 0.6 is 0 Å². The van der Waals surface area contributed by atoms with Crippen LogP contribution in [0.25, 0.3) is 11.3 Å². The smallest absolute Gasteiger partial charge is 0.220 e. The van der Waals surface area contributed by atoms with Crippen LogP contribution in [-0.2, 0) is 0 Å². The lowest BCUT2D eigenvalue weighted by Gasteiger charge is -2.08.